The summed E-state index contributed by atoms with van der Waals surface area (Å²) in [5, 5.41) is 15.4. The highest BCUT2D eigenvalue weighted by molar-refractivity contribution is 5.78. The zero-order valence-corrected chi connectivity index (χ0v) is 11.3. The van der Waals surface area contributed by atoms with E-state index in [4.69, 9.17) is 4.42 Å². The molecular weight excluding hydrogens is 259 g/mol. The van der Waals surface area contributed by atoms with Crippen LogP contribution in [0.1, 0.15) is 30.2 Å². The van der Waals surface area contributed by atoms with Gasteiger partial charge in [-0.15, -0.1) is 0 Å². The molecule has 104 valence electrons. The monoisotopic (exact) mass is 274 g/mol. The van der Waals surface area contributed by atoms with E-state index in [0.29, 0.717) is 23.4 Å². The van der Waals surface area contributed by atoms with Crippen LogP contribution in [0.15, 0.2) is 34.7 Å². The molecule has 3 rings (SSSR count). The first-order valence-corrected chi connectivity index (χ1v) is 6.50. The molecule has 3 aromatic rings. The fourth-order valence-electron chi connectivity index (χ4n) is 2.37. The summed E-state index contributed by atoms with van der Waals surface area (Å²) in [6.07, 6.45) is -0.956. The number of para-hydroxylation sites is 1. The average Bonchev–Trinajstić information content (AvgIpc) is 3.02. The van der Waals surface area contributed by atoms with Crippen molar-refractivity contribution in [2.45, 2.75) is 26.5 Å². The van der Waals surface area contributed by atoms with Gasteiger partial charge in [0.15, 0.2) is 17.5 Å². The maximum absolute atomic E-state index is 13.6. The van der Waals surface area contributed by atoms with Gasteiger partial charge in [0.25, 0.3) is 0 Å². The summed E-state index contributed by atoms with van der Waals surface area (Å²) in [6.45, 7) is 4.45. The van der Waals surface area contributed by atoms with E-state index in [1.165, 1.54) is 6.07 Å². The quantitative estimate of drug-likeness (QED) is 0.798. The fraction of sp³-hybridized carbons (Fsp3) is 0.267. The second kappa shape index (κ2) is 4.76. The third kappa shape index (κ3) is 2.00. The van der Waals surface area contributed by atoms with E-state index in [2.05, 4.69) is 5.10 Å². The molecule has 0 spiro atoms. The number of aryl methyl sites for hydroxylation is 2. The van der Waals surface area contributed by atoms with E-state index < -0.39 is 11.9 Å². The molecule has 1 atom stereocenters. The number of hydrogen-bond donors (Lipinski definition) is 1. The predicted molar refractivity (Wildman–Crippen MR) is 72.9 cm³/mol. The van der Waals surface area contributed by atoms with Gasteiger partial charge in [0, 0.05) is 11.9 Å². The van der Waals surface area contributed by atoms with Crippen LogP contribution in [0, 0.1) is 12.7 Å². The topological polar surface area (TPSA) is 51.2 Å². The number of nitrogens with zero attached hydrogens (tertiary/aromatic N) is 2. The van der Waals surface area contributed by atoms with Gasteiger partial charge in [0.05, 0.1) is 11.4 Å². The predicted octanol–water partition coefficient (Wildman–Crippen LogP) is 3.18. The Morgan fingerprint density at radius 1 is 1.40 bits per heavy atom. The summed E-state index contributed by atoms with van der Waals surface area (Å²) in [7, 11) is 0. The first kappa shape index (κ1) is 12.9. The largest absolute Gasteiger partial charge is 0.455 e. The average molecular weight is 274 g/mol. The number of furan rings is 1. The molecule has 1 aromatic carbocycles. The second-order valence-corrected chi connectivity index (χ2v) is 4.74. The lowest BCUT2D eigenvalue weighted by Gasteiger charge is -2.09. The normalized spacial score (nSPS) is 13.0. The van der Waals surface area contributed by atoms with Crippen molar-refractivity contribution in [2.24, 2.45) is 0 Å². The highest BCUT2D eigenvalue weighted by Gasteiger charge is 2.21. The van der Waals surface area contributed by atoms with Gasteiger partial charge in [-0.05, 0) is 32.0 Å². The van der Waals surface area contributed by atoms with E-state index in [1.807, 2.05) is 13.8 Å². The van der Waals surface area contributed by atoms with Gasteiger partial charge in [-0.1, -0.05) is 12.1 Å². The van der Waals surface area contributed by atoms with Gasteiger partial charge >= 0.3 is 0 Å². The summed E-state index contributed by atoms with van der Waals surface area (Å²) in [5.74, 6) is -0.110. The molecule has 5 heteroatoms. The van der Waals surface area contributed by atoms with Gasteiger partial charge in [0.1, 0.15) is 5.76 Å². The van der Waals surface area contributed by atoms with Crippen LogP contribution in [-0.4, -0.2) is 14.9 Å². The number of aliphatic hydroxyl groups is 1. The van der Waals surface area contributed by atoms with E-state index in [9.17, 15) is 9.50 Å². The lowest BCUT2D eigenvalue weighted by atomic mass is 10.1. The Kier molecular flexibility index (Phi) is 3.06. The van der Waals surface area contributed by atoms with Crippen LogP contribution < -0.4 is 0 Å². The van der Waals surface area contributed by atoms with E-state index in [-0.39, 0.29) is 5.58 Å². The minimum atomic E-state index is -0.956. The number of rotatable bonds is 3. The number of aliphatic hydroxyl groups excluding tert-OH is 1. The van der Waals surface area contributed by atoms with Crippen LogP contribution in [0.5, 0.6) is 0 Å². The van der Waals surface area contributed by atoms with Crippen molar-refractivity contribution in [3.8, 4) is 0 Å². The fourth-order valence-corrected chi connectivity index (χ4v) is 2.37. The SMILES string of the molecule is CCn1nc(C)cc1C(O)c1cc2cccc(F)c2o1. The van der Waals surface area contributed by atoms with Crippen molar-refractivity contribution in [2.75, 3.05) is 0 Å². The Morgan fingerprint density at radius 2 is 2.20 bits per heavy atom. The van der Waals surface area contributed by atoms with Gasteiger partial charge in [-0.3, -0.25) is 4.68 Å². The maximum Gasteiger partial charge on any atom is 0.170 e. The number of fused-ring (bicyclic) bond motifs is 1. The summed E-state index contributed by atoms with van der Waals surface area (Å²) in [6, 6.07) is 8.16. The van der Waals surface area contributed by atoms with Crippen molar-refractivity contribution in [3.63, 3.8) is 0 Å². The van der Waals surface area contributed by atoms with Crippen LogP contribution in [0.4, 0.5) is 4.39 Å². The van der Waals surface area contributed by atoms with Crippen molar-refractivity contribution >= 4 is 11.0 Å². The molecule has 1 N–H and O–H groups in total. The molecule has 20 heavy (non-hydrogen) atoms. The zero-order valence-electron chi connectivity index (χ0n) is 11.3. The van der Waals surface area contributed by atoms with E-state index >= 15 is 0 Å². The lowest BCUT2D eigenvalue weighted by Crippen LogP contribution is -2.08. The zero-order chi connectivity index (χ0) is 14.3. The van der Waals surface area contributed by atoms with Crippen LogP contribution in [0.2, 0.25) is 0 Å². The molecule has 0 aliphatic rings. The molecule has 4 nitrogen and oxygen atoms in total. The molecule has 0 aliphatic carbocycles. The summed E-state index contributed by atoms with van der Waals surface area (Å²) in [5.41, 5.74) is 1.63. The summed E-state index contributed by atoms with van der Waals surface area (Å²) >= 11 is 0. The standard InChI is InChI=1S/C15H15FN2O2/c1-3-18-12(7-9(2)17-18)14(19)13-8-10-5-4-6-11(16)15(10)20-13/h4-8,14,19H,3H2,1-2H3. The molecule has 0 radical (unpaired) electrons. The van der Waals surface area contributed by atoms with Crippen LogP contribution in [-0.2, 0) is 6.54 Å². The minimum absolute atomic E-state index is 0.167. The molecule has 0 saturated heterocycles. The van der Waals surface area contributed by atoms with Gasteiger partial charge in [-0.2, -0.15) is 5.10 Å². The molecule has 0 aliphatic heterocycles. The minimum Gasteiger partial charge on any atom is -0.455 e. The third-order valence-corrected chi connectivity index (χ3v) is 3.30. The van der Waals surface area contributed by atoms with Crippen molar-refractivity contribution in [1.82, 2.24) is 9.78 Å². The maximum atomic E-state index is 13.6. The number of aromatic nitrogens is 2. The number of hydrogen-bond acceptors (Lipinski definition) is 3. The Bertz CT molecular complexity index is 760. The Balaban J connectivity index is 2.07. The van der Waals surface area contributed by atoms with Crippen molar-refractivity contribution in [1.29, 1.82) is 0 Å². The smallest absolute Gasteiger partial charge is 0.170 e. The summed E-state index contributed by atoms with van der Waals surface area (Å²) in [4.78, 5) is 0. The molecule has 0 bridgehead atoms. The first-order valence-electron chi connectivity index (χ1n) is 6.50. The van der Waals surface area contributed by atoms with Gasteiger partial charge in [-0.25, -0.2) is 4.39 Å². The Labute approximate surface area is 115 Å². The van der Waals surface area contributed by atoms with Crippen LogP contribution >= 0.6 is 0 Å². The molecule has 2 aromatic heterocycles. The van der Waals surface area contributed by atoms with Crippen molar-refractivity contribution < 1.29 is 13.9 Å². The molecule has 0 saturated carbocycles. The third-order valence-electron chi connectivity index (χ3n) is 3.30. The highest BCUT2D eigenvalue weighted by atomic mass is 19.1. The molecule has 0 amide bonds. The Hall–Kier alpha value is -2.14. The van der Waals surface area contributed by atoms with Gasteiger partial charge < -0.3 is 9.52 Å². The van der Waals surface area contributed by atoms with E-state index in [0.717, 1.165) is 5.69 Å². The molecule has 1 unspecified atom stereocenters. The van der Waals surface area contributed by atoms with Gasteiger partial charge in [0.2, 0.25) is 0 Å². The highest BCUT2D eigenvalue weighted by Crippen LogP contribution is 2.29. The van der Waals surface area contributed by atoms with Crippen LogP contribution in [0.25, 0.3) is 11.0 Å². The lowest BCUT2D eigenvalue weighted by molar-refractivity contribution is 0.181. The number of benzene rings is 1. The second-order valence-electron chi connectivity index (χ2n) is 4.74. The Morgan fingerprint density at radius 3 is 2.90 bits per heavy atom. The first-order chi connectivity index (χ1) is 9.60. The molecule has 0 fully saturated rings. The van der Waals surface area contributed by atoms with Crippen LogP contribution in [0.3, 0.4) is 0 Å². The molecule has 2 heterocycles. The summed E-state index contributed by atoms with van der Waals surface area (Å²) < 4.78 is 20.8. The van der Waals surface area contributed by atoms with Crippen molar-refractivity contribution in [3.05, 3.63) is 53.3 Å². The number of halogens is 1. The van der Waals surface area contributed by atoms with E-state index in [1.54, 1.807) is 28.9 Å². The molecular formula is C15H15FN2O2.